The third-order valence-electron chi connectivity index (χ3n) is 3.87. The Morgan fingerprint density at radius 2 is 2.11 bits per heavy atom. The number of phenolic OH excluding ortho intramolecular Hbond substituents is 1. The highest BCUT2D eigenvalue weighted by atomic mass is 79.9. The zero-order valence-electron chi connectivity index (χ0n) is 14.5. The Balaban J connectivity index is 1.99. The van der Waals surface area contributed by atoms with Crippen LogP contribution in [0.2, 0.25) is 5.02 Å². The molecular formula is C19H14BrClN2O4S. The molecule has 28 heavy (non-hydrogen) atoms. The minimum Gasteiger partial charge on any atom is -0.506 e. The summed E-state index contributed by atoms with van der Waals surface area (Å²) in [6, 6.07) is 9.39. The summed E-state index contributed by atoms with van der Waals surface area (Å²) in [6.07, 6.45) is 1.55. The number of likely N-dealkylation sites (N-methyl/N-ethyl adjacent to an activating group) is 1. The molecule has 0 aromatic heterocycles. The van der Waals surface area contributed by atoms with Crippen LogP contribution in [0.4, 0.5) is 5.69 Å². The molecule has 0 saturated carbocycles. The fourth-order valence-electron chi connectivity index (χ4n) is 2.53. The van der Waals surface area contributed by atoms with Crippen LogP contribution < -0.4 is 0 Å². The summed E-state index contributed by atoms with van der Waals surface area (Å²) in [7, 11) is 0. The van der Waals surface area contributed by atoms with Gasteiger partial charge in [0.25, 0.3) is 5.91 Å². The van der Waals surface area contributed by atoms with Crippen LogP contribution in [0.25, 0.3) is 6.08 Å². The lowest BCUT2D eigenvalue weighted by Crippen LogP contribution is -2.28. The van der Waals surface area contributed by atoms with Crippen LogP contribution in [0.3, 0.4) is 0 Å². The van der Waals surface area contributed by atoms with Gasteiger partial charge in [-0.15, -0.1) is 0 Å². The van der Waals surface area contributed by atoms with Crippen LogP contribution in [0.1, 0.15) is 22.8 Å². The number of rotatable bonds is 4. The molecule has 0 radical (unpaired) electrons. The van der Waals surface area contributed by atoms with E-state index in [-0.39, 0.29) is 22.2 Å². The second-order valence-electron chi connectivity index (χ2n) is 5.74. The highest BCUT2D eigenvalue weighted by molar-refractivity contribution is 9.10. The number of nitrogens with zero attached hydrogens (tertiary/aromatic N) is 2. The van der Waals surface area contributed by atoms with E-state index < -0.39 is 5.97 Å². The number of halogens is 2. The van der Waals surface area contributed by atoms with Gasteiger partial charge in [-0.3, -0.25) is 9.69 Å². The number of aromatic hydroxyl groups is 1. The lowest BCUT2D eigenvalue weighted by molar-refractivity contribution is -0.122. The monoisotopic (exact) mass is 480 g/mol. The maximum atomic E-state index is 12.7. The first-order valence-electron chi connectivity index (χ1n) is 8.11. The molecule has 0 unspecified atom stereocenters. The summed E-state index contributed by atoms with van der Waals surface area (Å²) in [5.74, 6) is -1.42. The fourth-order valence-corrected chi connectivity index (χ4v) is 4.41. The van der Waals surface area contributed by atoms with Crippen molar-refractivity contribution in [2.24, 2.45) is 4.99 Å². The minimum atomic E-state index is -1.05. The van der Waals surface area contributed by atoms with Crippen molar-refractivity contribution in [3.8, 4) is 5.75 Å². The van der Waals surface area contributed by atoms with E-state index in [1.165, 1.54) is 17.0 Å². The normalized spacial score (nSPS) is 17.0. The molecule has 9 heteroatoms. The number of hydrogen-bond acceptors (Lipinski definition) is 5. The summed E-state index contributed by atoms with van der Waals surface area (Å²) in [4.78, 5) is 30.2. The van der Waals surface area contributed by atoms with Crippen molar-refractivity contribution in [1.82, 2.24) is 4.90 Å². The Hall–Kier alpha value is -2.29. The first kappa shape index (κ1) is 20.4. The van der Waals surface area contributed by atoms with E-state index in [4.69, 9.17) is 16.7 Å². The van der Waals surface area contributed by atoms with Crippen molar-refractivity contribution in [3.05, 3.63) is 61.9 Å². The van der Waals surface area contributed by atoms with Gasteiger partial charge < -0.3 is 10.2 Å². The molecule has 2 N–H and O–H groups in total. The molecule has 6 nitrogen and oxygen atoms in total. The molecular weight excluding hydrogens is 468 g/mol. The topological polar surface area (TPSA) is 90.2 Å². The number of thioether (sulfide) groups is 1. The van der Waals surface area contributed by atoms with Crippen molar-refractivity contribution in [2.75, 3.05) is 6.54 Å². The van der Waals surface area contributed by atoms with Gasteiger partial charge in [0.05, 0.1) is 21.2 Å². The molecule has 0 atom stereocenters. The third-order valence-corrected chi connectivity index (χ3v) is 5.62. The van der Waals surface area contributed by atoms with E-state index in [0.717, 1.165) is 11.8 Å². The van der Waals surface area contributed by atoms with Gasteiger partial charge in [-0.2, -0.15) is 0 Å². The van der Waals surface area contributed by atoms with Crippen molar-refractivity contribution < 1.29 is 19.8 Å². The number of carbonyl (C=O) groups excluding carboxylic acids is 1. The van der Waals surface area contributed by atoms with Crippen molar-refractivity contribution >= 4 is 68.1 Å². The number of benzene rings is 2. The summed E-state index contributed by atoms with van der Waals surface area (Å²) in [5, 5.41) is 19.9. The van der Waals surface area contributed by atoms with Gasteiger partial charge in [0.1, 0.15) is 5.75 Å². The smallest absolute Gasteiger partial charge is 0.335 e. The van der Waals surface area contributed by atoms with Gasteiger partial charge in [-0.1, -0.05) is 33.6 Å². The van der Waals surface area contributed by atoms with Gasteiger partial charge in [-0.05, 0) is 55.1 Å². The molecule has 1 aliphatic heterocycles. The molecule has 1 fully saturated rings. The van der Waals surface area contributed by atoms with E-state index in [2.05, 4.69) is 20.9 Å². The number of amides is 1. The maximum Gasteiger partial charge on any atom is 0.335 e. The van der Waals surface area contributed by atoms with Gasteiger partial charge in [-0.25, -0.2) is 9.79 Å². The van der Waals surface area contributed by atoms with E-state index in [1.807, 2.05) is 6.92 Å². The molecule has 2 aromatic rings. The number of aromatic carboxylic acids is 1. The van der Waals surface area contributed by atoms with Crippen molar-refractivity contribution in [2.45, 2.75) is 6.92 Å². The molecule has 144 valence electrons. The van der Waals surface area contributed by atoms with Crippen LogP contribution in [0.15, 0.2) is 50.8 Å². The Bertz CT molecular complexity index is 1040. The summed E-state index contributed by atoms with van der Waals surface area (Å²) in [5.41, 5.74) is 0.951. The summed E-state index contributed by atoms with van der Waals surface area (Å²) >= 11 is 10.4. The minimum absolute atomic E-state index is 0.115. The van der Waals surface area contributed by atoms with Crippen LogP contribution in [-0.2, 0) is 4.79 Å². The van der Waals surface area contributed by atoms with Gasteiger partial charge in [0, 0.05) is 16.6 Å². The summed E-state index contributed by atoms with van der Waals surface area (Å²) < 4.78 is 0.671. The second-order valence-corrected chi connectivity index (χ2v) is 8.07. The Labute approximate surface area is 178 Å². The molecule has 0 aliphatic carbocycles. The average Bonchev–Trinajstić information content (AvgIpc) is 2.93. The van der Waals surface area contributed by atoms with Gasteiger partial charge in [0.15, 0.2) is 5.17 Å². The lowest BCUT2D eigenvalue weighted by atomic mass is 10.2. The number of carboxylic acids is 1. The van der Waals surface area contributed by atoms with Gasteiger partial charge in [0.2, 0.25) is 0 Å². The fraction of sp³-hybridized carbons (Fsp3) is 0.105. The zero-order chi connectivity index (χ0) is 20.4. The number of hydrogen-bond donors (Lipinski definition) is 2. The van der Waals surface area contributed by atoms with Gasteiger partial charge >= 0.3 is 5.97 Å². The maximum absolute atomic E-state index is 12.7. The van der Waals surface area contributed by atoms with Crippen LogP contribution in [0.5, 0.6) is 5.75 Å². The molecule has 3 rings (SSSR count). The van der Waals surface area contributed by atoms with E-state index in [9.17, 15) is 14.7 Å². The van der Waals surface area contributed by atoms with E-state index >= 15 is 0 Å². The first-order chi connectivity index (χ1) is 13.3. The molecule has 1 amide bonds. The molecule has 1 saturated heterocycles. The molecule has 0 spiro atoms. The number of carboxylic acid groups (broad SMARTS) is 1. The number of phenols is 1. The number of amidine groups is 1. The molecule has 1 heterocycles. The average molecular weight is 482 g/mol. The largest absolute Gasteiger partial charge is 0.506 e. The number of aliphatic imine (C=N–C) groups is 1. The predicted octanol–water partition coefficient (Wildman–Crippen LogP) is 5.13. The highest BCUT2D eigenvalue weighted by Gasteiger charge is 2.32. The summed E-state index contributed by atoms with van der Waals surface area (Å²) in [6.45, 7) is 2.21. The van der Waals surface area contributed by atoms with Crippen LogP contribution >= 0.6 is 39.3 Å². The highest BCUT2D eigenvalue weighted by Crippen LogP contribution is 2.38. The Morgan fingerprint density at radius 1 is 1.36 bits per heavy atom. The quantitative estimate of drug-likeness (QED) is 0.591. The lowest BCUT2D eigenvalue weighted by Gasteiger charge is -2.12. The molecule has 0 bridgehead atoms. The standard InChI is InChI=1S/C19H14BrClN2O4S/c1-2-23-17(25)15(8-11-6-12(20)9-14(21)16(11)24)28-19(23)22-13-5-3-4-10(7-13)18(26)27/h3-9,24H,2H2,1H3,(H,26,27). The second kappa shape index (κ2) is 8.38. The van der Waals surface area contributed by atoms with Crippen LogP contribution in [-0.4, -0.2) is 38.7 Å². The number of carbonyl (C=O) groups is 2. The van der Waals surface area contributed by atoms with E-state index in [0.29, 0.717) is 32.3 Å². The SMILES string of the molecule is CCN1C(=O)C(=Cc2cc(Br)cc(Cl)c2O)SC1=Nc1cccc(C(=O)O)c1. The van der Waals surface area contributed by atoms with E-state index in [1.54, 1.807) is 30.3 Å². The Morgan fingerprint density at radius 3 is 2.79 bits per heavy atom. The molecule has 1 aliphatic rings. The first-order valence-corrected chi connectivity index (χ1v) is 10.1. The van der Waals surface area contributed by atoms with Crippen molar-refractivity contribution in [1.29, 1.82) is 0 Å². The zero-order valence-corrected chi connectivity index (χ0v) is 17.7. The Kier molecular flexibility index (Phi) is 6.12. The van der Waals surface area contributed by atoms with Crippen molar-refractivity contribution in [3.63, 3.8) is 0 Å². The molecule has 2 aromatic carbocycles. The predicted molar refractivity (Wildman–Crippen MR) is 114 cm³/mol. The van der Waals surface area contributed by atoms with Crippen LogP contribution in [0, 0.1) is 0 Å². The third kappa shape index (κ3) is 4.24.